The van der Waals surface area contributed by atoms with Crippen LogP contribution in [0.2, 0.25) is 0 Å². The summed E-state index contributed by atoms with van der Waals surface area (Å²) in [5.41, 5.74) is 2.28. The molecule has 40 heavy (non-hydrogen) atoms. The van der Waals surface area contributed by atoms with Crippen molar-refractivity contribution in [1.29, 1.82) is 0 Å². The van der Waals surface area contributed by atoms with Gasteiger partial charge in [0.1, 0.15) is 6.29 Å². The number of ether oxygens (including phenoxy) is 4. The molecule has 0 radical (unpaired) electrons. The number of amides is 3. The van der Waals surface area contributed by atoms with Crippen LogP contribution in [0.15, 0.2) is 29.3 Å². The largest absolute Gasteiger partial charge is 0.379 e. The molecule has 14 heteroatoms. The molecular weight excluding hydrogens is 656 g/mol. The smallest absolute Gasteiger partial charge is 0.251 e. The first-order valence-corrected chi connectivity index (χ1v) is 15.1. The third-order valence-corrected chi connectivity index (χ3v) is 5.93. The molecular formula is C26H38Br2N4O8. The van der Waals surface area contributed by atoms with Gasteiger partial charge in [0.15, 0.2) is 0 Å². The third-order valence-electron chi connectivity index (χ3n) is 4.88. The lowest BCUT2D eigenvalue weighted by molar-refractivity contribution is -0.127. The Hall–Kier alpha value is -2.23. The van der Waals surface area contributed by atoms with Crippen molar-refractivity contribution in [3.05, 3.63) is 29.8 Å². The van der Waals surface area contributed by atoms with Gasteiger partial charge in [-0.3, -0.25) is 19.4 Å². The molecule has 1 rings (SSSR count). The SMILES string of the molecule is O=CCNC(=O)CNC(=O)CCOCCOCCOCCOCCNC(=O)c1cccc(N=C(CBr)CCBr)c1. The number of hydrogen-bond donors (Lipinski definition) is 3. The molecule has 0 unspecified atom stereocenters. The standard InChI is InChI=1S/C26H38Br2N4O8/c27-6-4-23(19-28)32-22-3-1-2-21(18-22)26(36)30-8-11-38-13-15-40-17-16-39-14-12-37-10-5-24(34)31-20-25(35)29-7-9-33/h1-3,9,18H,4-8,10-17,19-20H2,(H,29,35)(H,30,36)(H,31,34). The van der Waals surface area contributed by atoms with Crippen molar-refractivity contribution in [2.75, 3.05) is 83.1 Å². The predicted molar refractivity (Wildman–Crippen MR) is 158 cm³/mol. The number of aldehydes is 1. The molecule has 0 aliphatic heterocycles. The molecule has 0 spiro atoms. The number of aliphatic imine (C=N–C) groups is 1. The molecule has 0 aliphatic rings. The quantitative estimate of drug-likeness (QED) is 0.0639. The number of halogens is 2. The van der Waals surface area contributed by atoms with Crippen LogP contribution in [0.4, 0.5) is 5.69 Å². The van der Waals surface area contributed by atoms with Gasteiger partial charge in [0.2, 0.25) is 11.8 Å². The number of alkyl halides is 2. The van der Waals surface area contributed by atoms with Crippen molar-refractivity contribution in [2.24, 2.45) is 4.99 Å². The zero-order chi connectivity index (χ0) is 29.3. The fraction of sp³-hybridized carbons (Fsp3) is 0.577. The minimum absolute atomic E-state index is 0.0811. The van der Waals surface area contributed by atoms with Gasteiger partial charge in [-0.2, -0.15) is 0 Å². The van der Waals surface area contributed by atoms with E-state index in [4.69, 9.17) is 18.9 Å². The number of rotatable bonds is 24. The Labute approximate surface area is 251 Å². The Morgan fingerprint density at radius 1 is 0.800 bits per heavy atom. The molecule has 0 bridgehead atoms. The van der Waals surface area contributed by atoms with Gasteiger partial charge in [-0.1, -0.05) is 37.9 Å². The molecule has 0 heterocycles. The molecule has 0 saturated carbocycles. The van der Waals surface area contributed by atoms with Crippen molar-refractivity contribution in [3.63, 3.8) is 0 Å². The highest BCUT2D eigenvalue weighted by Crippen LogP contribution is 2.16. The average Bonchev–Trinajstić information content (AvgIpc) is 2.96. The maximum absolute atomic E-state index is 12.4. The maximum Gasteiger partial charge on any atom is 0.251 e. The molecule has 3 amide bonds. The van der Waals surface area contributed by atoms with Gasteiger partial charge in [0.05, 0.1) is 71.6 Å². The van der Waals surface area contributed by atoms with Crippen LogP contribution in [0.5, 0.6) is 0 Å². The molecule has 224 valence electrons. The lowest BCUT2D eigenvalue weighted by Gasteiger charge is -2.09. The van der Waals surface area contributed by atoms with Gasteiger partial charge < -0.3 is 39.7 Å². The van der Waals surface area contributed by atoms with E-state index in [9.17, 15) is 19.2 Å². The van der Waals surface area contributed by atoms with Crippen molar-refractivity contribution >= 4 is 67.3 Å². The van der Waals surface area contributed by atoms with Gasteiger partial charge in [-0.25, -0.2) is 0 Å². The molecule has 0 saturated heterocycles. The van der Waals surface area contributed by atoms with E-state index < -0.39 is 5.91 Å². The van der Waals surface area contributed by atoms with E-state index in [2.05, 4.69) is 52.8 Å². The number of nitrogens with one attached hydrogen (secondary N) is 3. The number of benzene rings is 1. The first kappa shape index (κ1) is 35.8. The lowest BCUT2D eigenvalue weighted by Crippen LogP contribution is -2.37. The minimum atomic E-state index is -0.429. The predicted octanol–water partition coefficient (Wildman–Crippen LogP) is 1.56. The number of carbonyl (C=O) groups is 4. The molecule has 1 aromatic carbocycles. The summed E-state index contributed by atoms with van der Waals surface area (Å²) in [5.74, 6) is -0.929. The van der Waals surface area contributed by atoms with E-state index >= 15 is 0 Å². The Balaban J connectivity index is 1.96. The van der Waals surface area contributed by atoms with Crippen molar-refractivity contribution in [2.45, 2.75) is 12.8 Å². The fourth-order valence-corrected chi connectivity index (χ4v) is 3.78. The summed E-state index contributed by atoms with van der Waals surface area (Å²) in [5, 5.41) is 9.09. The molecule has 0 aliphatic carbocycles. The van der Waals surface area contributed by atoms with Gasteiger partial charge >= 0.3 is 0 Å². The van der Waals surface area contributed by atoms with Crippen LogP contribution >= 0.6 is 31.9 Å². The summed E-state index contributed by atoms with van der Waals surface area (Å²) in [6, 6.07) is 7.19. The monoisotopic (exact) mass is 692 g/mol. The Morgan fingerprint density at radius 2 is 1.45 bits per heavy atom. The van der Waals surface area contributed by atoms with Crippen LogP contribution in [-0.4, -0.2) is 113 Å². The highest BCUT2D eigenvalue weighted by atomic mass is 79.9. The van der Waals surface area contributed by atoms with Crippen LogP contribution in [0.3, 0.4) is 0 Å². The first-order chi connectivity index (χ1) is 19.5. The van der Waals surface area contributed by atoms with Crippen LogP contribution in [0.25, 0.3) is 0 Å². The van der Waals surface area contributed by atoms with Crippen molar-refractivity contribution < 1.29 is 38.1 Å². The first-order valence-electron chi connectivity index (χ1n) is 12.8. The van der Waals surface area contributed by atoms with Crippen molar-refractivity contribution in [3.8, 4) is 0 Å². The molecule has 12 nitrogen and oxygen atoms in total. The fourth-order valence-electron chi connectivity index (χ4n) is 2.91. The number of hydrogen-bond acceptors (Lipinski definition) is 9. The van der Waals surface area contributed by atoms with E-state index in [1.165, 1.54) is 0 Å². The van der Waals surface area contributed by atoms with E-state index in [0.717, 1.165) is 23.1 Å². The third kappa shape index (κ3) is 19.0. The van der Waals surface area contributed by atoms with Crippen LogP contribution in [0.1, 0.15) is 23.2 Å². The summed E-state index contributed by atoms with van der Waals surface area (Å²) >= 11 is 6.85. The van der Waals surface area contributed by atoms with Gasteiger partial charge in [0, 0.05) is 34.9 Å². The highest BCUT2D eigenvalue weighted by Gasteiger charge is 2.07. The maximum atomic E-state index is 12.4. The van der Waals surface area contributed by atoms with Crippen LogP contribution in [-0.2, 0) is 33.3 Å². The summed E-state index contributed by atoms with van der Waals surface area (Å²) in [7, 11) is 0. The summed E-state index contributed by atoms with van der Waals surface area (Å²) in [4.78, 5) is 49.9. The zero-order valence-electron chi connectivity index (χ0n) is 22.5. The molecule has 0 atom stereocenters. The van der Waals surface area contributed by atoms with Crippen LogP contribution < -0.4 is 16.0 Å². The summed E-state index contributed by atoms with van der Waals surface area (Å²) < 4.78 is 21.6. The normalized spacial score (nSPS) is 11.2. The topological polar surface area (TPSA) is 154 Å². The second kappa shape index (κ2) is 24.6. The molecule has 0 aromatic heterocycles. The highest BCUT2D eigenvalue weighted by molar-refractivity contribution is 9.09. The lowest BCUT2D eigenvalue weighted by atomic mass is 10.2. The number of nitrogens with zero attached hydrogens (tertiary/aromatic N) is 1. The van der Waals surface area contributed by atoms with E-state index in [1.54, 1.807) is 12.1 Å². The Bertz CT molecular complexity index is 920. The van der Waals surface area contributed by atoms with Gasteiger partial charge in [-0.15, -0.1) is 0 Å². The second-order valence-corrected chi connectivity index (χ2v) is 9.36. The van der Waals surface area contributed by atoms with Gasteiger partial charge in [-0.05, 0) is 24.6 Å². The number of carbonyl (C=O) groups excluding carboxylic acids is 4. The van der Waals surface area contributed by atoms with E-state index in [-0.39, 0.29) is 37.9 Å². The van der Waals surface area contributed by atoms with E-state index in [0.29, 0.717) is 70.0 Å². The molecule has 0 fully saturated rings. The summed E-state index contributed by atoms with van der Waals surface area (Å²) in [6.07, 6.45) is 1.51. The van der Waals surface area contributed by atoms with Crippen LogP contribution in [0, 0.1) is 0 Å². The summed E-state index contributed by atoms with van der Waals surface area (Å²) in [6.45, 7) is 2.97. The Kier molecular flexibility index (Phi) is 22.0. The minimum Gasteiger partial charge on any atom is -0.379 e. The molecule has 3 N–H and O–H groups in total. The average molecular weight is 694 g/mol. The Morgan fingerprint density at radius 3 is 2.08 bits per heavy atom. The van der Waals surface area contributed by atoms with Crippen molar-refractivity contribution in [1.82, 2.24) is 16.0 Å². The van der Waals surface area contributed by atoms with E-state index in [1.807, 2.05) is 12.1 Å². The van der Waals surface area contributed by atoms with Gasteiger partial charge in [0.25, 0.3) is 5.91 Å². The molecule has 1 aromatic rings. The zero-order valence-corrected chi connectivity index (χ0v) is 25.6. The second-order valence-electron chi connectivity index (χ2n) is 8.00.